The van der Waals surface area contributed by atoms with E-state index in [1.807, 2.05) is 7.05 Å². The Morgan fingerprint density at radius 3 is 2.62 bits per heavy atom. The summed E-state index contributed by atoms with van der Waals surface area (Å²) in [6.45, 7) is 1.45. The lowest BCUT2D eigenvalue weighted by molar-refractivity contribution is -0.118. The quantitative estimate of drug-likeness (QED) is 0.804. The van der Waals surface area contributed by atoms with Crippen molar-refractivity contribution in [3.8, 4) is 11.5 Å². The number of hydrogen-bond acceptors (Lipinski definition) is 6. The summed E-state index contributed by atoms with van der Waals surface area (Å²) in [5.41, 5.74) is 6.92. The first-order valence-corrected chi connectivity index (χ1v) is 8.99. The monoisotopic (exact) mass is 375 g/mol. The van der Waals surface area contributed by atoms with E-state index in [9.17, 15) is 9.59 Å². The Balaban J connectivity index is 1.67. The van der Waals surface area contributed by atoms with Crippen LogP contribution in [0.25, 0.3) is 0 Å². The van der Waals surface area contributed by atoms with Crippen molar-refractivity contribution in [3.05, 3.63) is 40.3 Å². The highest BCUT2D eigenvalue weighted by Gasteiger charge is 2.26. The van der Waals surface area contributed by atoms with Crippen molar-refractivity contribution in [1.29, 1.82) is 0 Å². The van der Waals surface area contributed by atoms with Crippen molar-refractivity contribution in [2.24, 2.45) is 5.73 Å². The fourth-order valence-electron chi connectivity index (χ4n) is 2.86. The third-order valence-corrected chi connectivity index (χ3v) is 5.31. The van der Waals surface area contributed by atoms with Crippen LogP contribution in [0.15, 0.2) is 24.3 Å². The minimum Gasteiger partial charge on any atom is -0.497 e. The predicted octanol–water partition coefficient (Wildman–Crippen LogP) is 1.86. The number of methoxy groups -OCH3 is 1. The average Bonchev–Trinajstić information content (AvgIpc) is 2.97. The second-order valence-corrected chi connectivity index (χ2v) is 7.18. The molecule has 8 heteroatoms. The van der Waals surface area contributed by atoms with Crippen LogP contribution in [0.2, 0.25) is 0 Å². The molecule has 1 aromatic carbocycles. The lowest BCUT2D eigenvalue weighted by Crippen LogP contribution is -2.27. The highest BCUT2D eigenvalue weighted by Crippen LogP contribution is 2.36. The Morgan fingerprint density at radius 1 is 1.27 bits per heavy atom. The Hall–Kier alpha value is -2.58. The van der Waals surface area contributed by atoms with Gasteiger partial charge in [0, 0.05) is 18.0 Å². The molecule has 0 radical (unpaired) electrons. The molecule has 0 aliphatic carbocycles. The molecule has 26 heavy (non-hydrogen) atoms. The molecule has 3 N–H and O–H groups in total. The maximum Gasteiger partial charge on any atom is 0.262 e. The standard InChI is InChI=1S/C18H21N3O4S/c1-21-8-7-13-14(9-21)26-18(16(13)17(19)23)20-15(22)10-25-12-5-3-11(24-2)4-6-12/h3-6H,7-10H2,1-2H3,(H2,19,23)(H,20,22). The number of nitrogens with zero attached hydrogens (tertiary/aromatic N) is 1. The van der Waals surface area contributed by atoms with Crippen LogP contribution in [-0.4, -0.2) is 44.0 Å². The number of primary amides is 1. The number of ether oxygens (including phenoxy) is 2. The van der Waals surface area contributed by atoms with E-state index in [0.717, 1.165) is 30.0 Å². The number of carbonyl (C=O) groups excluding carboxylic acids is 2. The smallest absolute Gasteiger partial charge is 0.262 e. The van der Waals surface area contributed by atoms with Gasteiger partial charge in [0.05, 0.1) is 12.7 Å². The molecule has 0 fully saturated rings. The molecule has 0 saturated heterocycles. The van der Waals surface area contributed by atoms with Gasteiger partial charge in [-0.05, 0) is 43.3 Å². The summed E-state index contributed by atoms with van der Waals surface area (Å²) in [4.78, 5) is 27.4. The molecular formula is C18H21N3O4S. The molecular weight excluding hydrogens is 354 g/mol. The second kappa shape index (κ2) is 7.76. The summed E-state index contributed by atoms with van der Waals surface area (Å²) in [5, 5.41) is 3.27. The van der Waals surface area contributed by atoms with Gasteiger partial charge in [-0.3, -0.25) is 9.59 Å². The molecule has 1 aromatic heterocycles. The fraction of sp³-hybridized carbons (Fsp3) is 0.333. The summed E-state index contributed by atoms with van der Waals surface area (Å²) >= 11 is 1.40. The largest absolute Gasteiger partial charge is 0.497 e. The molecule has 138 valence electrons. The molecule has 1 aliphatic rings. The van der Waals surface area contributed by atoms with E-state index in [0.29, 0.717) is 22.1 Å². The molecule has 0 bridgehead atoms. The summed E-state index contributed by atoms with van der Waals surface area (Å²) in [7, 11) is 3.60. The normalized spacial score (nSPS) is 13.8. The summed E-state index contributed by atoms with van der Waals surface area (Å²) < 4.78 is 10.5. The highest BCUT2D eigenvalue weighted by molar-refractivity contribution is 7.17. The maximum atomic E-state index is 12.2. The number of rotatable bonds is 6. The van der Waals surface area contributed by atoms with E-state index in [1.165, 1.54) is 11.3 Å². The Kier molecular flexibility index (Phi) is 5.43. The molecule has 0 spiro atoms. The van der Waals surface area contributed by atoms with Gasteiger partial charge in [0.25, 0.3) is 11.8 Å². The van der Waals surface area contributed by atoms with Gasteiger partial charge in [0.2, 0.25) is 0 Å². The molecule has 7 nitrogen and oxygen atoms in total. The third kappa shape index (κ3) is 3.97. The average molecular weight is 375 g/mol. The molecule has 2 aromatic rings. The van der Waals surface area contributed by atoms with Gasteiger partial charge < -0.3 is 25.4 Å². The summed E-state index contributed by atoms with van der Waals surface area (Å²) in [5.74, 6) is 0.416. The summed E-state index contributed by atoms with van der Waals surface area (Å²) in [6.07, 6.45) is 0.749. The number of nitrogens with one attached hydrogen (secondary N) is 1. The molecule has 2 heterocycles. The van der Waals surface area contributed by atoms with Crippen molar-refractivity contribution in [1.82, 2.24) is 4.90 Å². The number of amides is 2. The van der Waals surface area contributed by atoms with Gasteiger partial charge in [-0.15, -0.1) is 11.3 Å². The van der Waals surface area contributed by atoms with Crippen LogP contribution >= 0.6 is 11.3 Å². The first kappa shape index (κ1) is 18.2. The highest BCUT2D eigenvalue weighted by atomic mass is 32.1. The van der Waals surface area contributed by atoms with Crippen LogP contribution in [0.1, 0.15) is 20.8 Å². The van der Waals surface area contributed by atoms with Crippen molar-refractivity contribution < 1.29 is 19.1 Å². The van der Waals surface area contributed by atoms with Gasteiger partial charge in [-0.2, -0.15) is 0 Å². The number of anilines is 1. The van der Waals surface area contributed by atoms with E-state index >= 15 is 0 Å². The van der Waals surface area contributed by atoms with Gasteiger partial charge in [-0.1, -0.05) is 0 Å². The van der Waals surface area contributed by atoms with Crippen molar-refractivity contribution in [3.63, 3.8) is 0 Å². The zero-order valence-corrected chi connectivity index (χ0v) is 15.5. The fourth-order valence-corrected chi connectivity index (χ4v) is 4.21. The van der Waals surface area contributed by atoms with Crippen LogP contribution < -0.4 is 20.5 Å². The van der Waals surface area contributed by atoms with Crippen molar-refractivity contribution in [2.45, 2.75) is 13.0 Å². The zero-order valence-electron chi connectivity index (χ0n) is 14.7. The number of benzene rings is 1. The van der Waals surface area contributed by atoms with Crippen LogP contribution in [0.5, 0.6) is 11.5 Å². The van der Waals surface area contributed by atoms with Gasteiger partial charge in [0.15, 0.2) is 6.61 Å². The predicted molar refractivity (Wildman–Crippen MR) is 100.0 cm³/mol. The number of fused-ring (bicyclic) bond motifs is 1. The number of carbonyl (C=O) groups is 2. The van der Waals surface area contributed by atoms with E-state index < -0.39 is 5.91 Å². The first-order chi connectivity index (χ1) is 12.5. The van der Waals surface area contributed by atoms with E-state index in [-0.39, 0.29) is 12.5 Å². The van der Waals surface area contributed by atoms with Crippen molar-refractivity contribution >= 4 is 28.2 Å². The van der Waals surface area contributed by atoms with Crippen LogP contribution in [0.4, 0.5) is 5.00 Å². The molecule has 0 unspecified atom stereocenters. The minimum absolute atomic E-state index is 0.160. The van der Waals surface area contributed by atoms with E-state index in [1.54, 1.807) is 31.4 Å². The lowest BCUT2D eigenvalue weighted by atomic mass is 10.0. The van der Waals surface area contributed by atoms with Crippen LogP contribution in [0, 0.1) is 0 Å². The third-order valence-electron chi connectivity index (χ3n) is 4.18. The topological polar surface area (TPSA) is 93.9 Å². The van der Waals surface area contributed by atoms with Crippen molar-refractivity contribution in [2.75, 3.05) is 32.6 Å². The van der Waals surface area contributed by atoms with Crippen LogP contribution in [-0.2, 0) is 17.8 Å². The van der Waals surface area contributed by atoms with Gasteiger partial charge >= 0.3 is 0 Å². The first-order valence-electron chi connectivity index (χ1n) is 8.17. The number of nitrogens with two attached hydrogens (primary N) is 1. The number of thiophene rings is 1. The second-order valence-electron chi connectivity index (χ2n) is 6.07. The Labute approximate surface area is 155 Å². The molecule has 2 amide bonds. The van der Waals surface area contributed by atoms with E-state index in [2.05, 4.69) is 10.2 Å². The van der Waals surface area contributed by atoms with Crippen LogP contribution in [0.3, 0.4) is 0 Å². The minimum atomic E-state index is -0.515. The molecule has 0 saturated carbocycles. The molecule has 0 atom stereocenters. The number of likely N-dealkylation sites (N-methyl/N-ethyl adjacent to an activating group) is 1. The van der Waals surface area contributed by atoms with Gasteiger partial charge in [-0.25, -0.2) is 0 Å². The zero-order chi connectivity index (χ0) is 18.7. The SMILES string of the molecule is COc1ccc(OCC(=O)Nc2sc3c(c2C(N)=O)CCN(C)C3)cc1. The Morgan fingerprint density at radius 2 is 1.96 bits per heavy atom. The number of hydrogen-bond donors (Lipinski definition) is 2. The lowest BCUT2D eigenvalue weighted by Gasteiger charge is -2.22. The summed E-state index contributed by atoms with van der Waals surface area (Å²) in [6, 6.07) is 6.95. The maximum absolute atomic E-state index is 12.2. The van der Waals surface area contributed by atoms with Gasteiger partial charge in [0.1, 0.15) is 16.5 Å². The Bertz CT molecular complexity index is 817. The molecule has 1 aliphatic heterocycles. The van der Waals surface area contributed by atoms with E-state index in [4.69, 9.17) is 15.2 Å². The molecule has 3 rings (SSSR count).